The first-order chi connectivity index (χ1) is 12.3. The lowest BCUT2D eigenvalue weighted by atomic mass is 10.1. The van der Waals surface area contributed by atoms with Crippen LogP contribution in [0.3, 0.4) is 0 Å². The number of carbonyl (C=O) groups excluding carboxylic acids is 1. The van der Waals surface area contributed by atoms with Gasteiger partial charge in [0.1, 0.15) is 0 Å². The molecule has 0 atom stereocenters. The minimum Gasteiger partial charge on any atom is -0.407 e. The van der Waals surface area contributed by atoms with Crippen molar-refractivity contribution >= 4 is 21.8 Å². The van der Waals surface area contributed by atoms with E-state index in [0.29, 0.717) is 12.3 Å². The van der Waals surface area contributed by atoms with Crippen molar-refractivity contribution in [1.29, 1.82) is 0 Å². The molecule has 1 N–H and O–H groups in total. The molecule has 26 heavy (non-hydrogen) atoms. The van der Waals surface area contributed by atoms with Crippen LogP contribution in [0.4, 0.5) is 6.01 Å². The number of aryl methyl sites for hydroxylation is 1. The SMILES string of the molecule is Cc1ccc(Cc2nnc(NC(=O)c3ccc(S(C)(=O)=O)cc3)o2)cc1. The van der Waals surface area contributed by atoms with Gasteiger partial charge in [-0.3, -0.25) is 10.1 Å². The molecule has 0 aliphatic carbocycles. The predicted octanol–water partition coefficient (Wildman–Crippen LogP) is 2.62. The Labute approximate surface area is 151 Å². The fraction of sp³-hybridized carbons (Fsp3) is 0.167. The summed E-state index contributed by atoms with van der Waals surface area (Å²) in [6.07, 6.45) is 1.57. The van der Waals surface area contributed by atoms with Crippen LogP contribution in [0.5, 0.6) is 0 Å². The number of nitrogens with one attached hydrogen (secondary N) is 1. The molecule has 0 bridgehead atoms. The van der Waals surface area contributed by atoms with Gasteiger partial charge in [-0.2, -0.15) is 0 Å². The van der Waals surface area contributed by atoms with Gasteiger partial charge in [0.2, 0.25) is 5.89 Å². The molecule has 1 aromatic heterocycles. The molecule has 1 amide bonds. The first kappa shape index (κ1) is 17.8. The van der Waals surface area contributed by atoms with E-state index in [1.54, 1.807) is 0 Å². The van der Waals surface area contributed by atoms with Gasteiger partial charge >= 0.3 is 6.01 Å². The van der Waals surface area contributed by atoms with Crippen molar-refractivity contribution in [2.45, 2.75) is 18.2 Å². The second-order valence-corrected chi connectivity index (χ2v) is 7.93. The van der Waals surface area contributed by atoms with Gasteiger partial charge in [-0.15, -0.1) is 5.10 Å². The van der Waals surface area contributed by atoms with Crippen molar-refractivity contribution in [3.63, 3.8) is 0 Å². The van der Waals surface area contributed by atoms with Crippen molar-refractivity contribution in [1.82, 2.24) is 10.2 Å². The fourth-order valence-corrected chi connectivity index (χ4v) is 2.91. The van der Waals surface area contributed by atoms with Crippen molar-refractivity contribution in [2.24, 2.45) is 0 Å². The van der Waals surface area contributed by atoms with Crippen LogP contribution >= 0.6 is 0 Å². The summed E-state index contributed by atoms with van der Waals surface area (Å²) in [5, 5.41) is 10.2. The Morgan fingerprint density at radius 3 is 2.31 bits per heavy atom. The number of anilines is 1. The second kappa shape index (κ2) is 7.09. The normalized spacial score (nSPS) is 11.3. The molecule has 0 unspecified atom stereocenters. The number of amides is 1. The topological polar surface area (TPSA) is 102 Å². The largest absolute Gasteiger partial charge is 0.407 e. The number of sulfone groups is 1. The van der Waals surface area contributed by atoms with Gasteiger partial charge in [-0.05, 0) is 36.8 Å². The summed E-state index contributed by atoms with van der Waals surface area (Å²) in [5.74, 6) is -0.0767. The first-order valence-corrected chi connectivity index (χ1v) is 9.70. The zero-order valence-electron chi connectivity index (χ0n) is 14.3. The van der Waals surface area contributed by atoms with Crippen molar-refractivity contribution in [3.05, 3.63) is 71.1 Å². The van der Waals surface area contributed by atoms with Crippen LogP contribution < -0.4 is 5.32 Å². The molecule has 7 nitrogen and oxygen atoms in total. The third kappa shape index (κ3) is 4.34. The zero-order valence-corrected chi connectivity index (χ0v) is 15.1. The quantitative estimate of drug-likeness (QED) is 0.740. The molecular weight excluding hydrogens is 354 g/mol. The molecule has 0 saturated carbocycles. The van der Waals surface area contributed by atoms with Gasteiger partial charge in [0.15, 0.2) is 9.84 Å². The van der Waals surface area contributed by atoms with Gasteiger partial charge in [-0.25, -0.2) is 8.42 Å². The number of benzene rings is 2. The number of carbonyl (C=O) groups is 1. The lowest BCUT2D eigenvalue weighted by Gasteiger charge is -2.02. The van der Waals surface area contributed by atoms with Crippen LogP contribution in [0.1, 0.15) is 27.4 Å². The number of hydrogen-bond acceptors (Lipinski definition) is 6. The summed E-state index contributed by atoms with van der Waals surface area (Å²) in [4.78, 5) is 12.3. The molecule has 134 valence electrons. The first-order valence-electron chi connectivity index (χ1n) is 7.81. The van der Waals surface area contributed by atoms with Crippen LogP contribution in [-0.4, -0.2) is 30.8 Å². The van der Waals surface area contributed by atoms with Gasteiger partial charge in [-0.1, -0.05) is 34.9 Å². The van der Waals surface area contributed by atoms with Crippen LogP contribution in [0, 0.1) is 6.92 Å². The smallest absolute Gasteiger partial charge is 0.322 e. The van der Waals surface area contributed by atoms with E-state index in [9.17, 15) is 13.2 Å². The van der Waals surface area contributed by atoms with Crippen LogP contribution in [0.15, 0.2) is 57.8 Å². The molecule has 1 heterocycles. The van der Waals surface area contributed by atoms with Crippen LogP contribution in [0.25, 0.3) is 0 Å². The highest BCUT2D eigenvalue weighted by Crippen LogP contribution is 2.14. The molecule has 8 heteroatoms. The van der Waals surface area contributed by atoms with Gasteiger partial charge in [0, 0.05) is 11.8 Å². The molecule has 0 aliphatic rings. The van der Waals surface area contributed by atoms with E-state index in [0.717, 1.165) is 17.4 Å². The zero-order chi connectivity index (χ0) is 18.7. The highest BCUT2D eigenvalue weighted by molar-refractivity contribution is 7.90. The summed E-state index contributed by atoms with van der Waals surface area (Å²) in [5.41, 5.74) is 2.47. The number of rotatable bonds is 5. The summed E-state index contributed by atoms with van der Waals surface area (Å²) in [7, 11) is -3.31. The molecule has 3 aromatic rings. The van der Waals surface area contributed by atoms with Crippen LogP contribution in [-0.2, 0) is 16.3 Å². The Balaban J connectivity index is 1.66. The van der Waals surface area contributed by atoms with E-state index < -0.39 is 15.7 Å². The molecule has 0 aliphatic heterocycles. The lowest BCUT2D eigenvalue weighted by Crippen LogP contribution is -2.12. The van der Waals surface area contributed by atoms with Crippen molar-refractivity contribution in [2.75, 3.05) is 11.6 Å². The summed E-state index contributed by atoms with van der Waals surface area (Å²) in [6, 6.07) is 13.5. The maximum atomic E-state index is 12.2. The third-order valence-corrected chi connectivity index (χ3v) is 4.84. The standard InChI is InChI=1S/C18H17N3O4S/c1-12-3-5-13(6-4-12)11-16-20-21-18(25-16)19-17(22)14-7-9-15(10-8-14)26(2,23)24/h3-10H,11H2,1-2H3,(H,19,21,22). The number of aromatic nitrogens is 2. The molecule has 0 radical (unpaired) electrons. The Morgan fingerprint density at radius 1 is 1.04 bits per heavy atom. The monoisotopic (exact) mass is 371 g/mol. The maximum Gasteiger partial charge on any atom is 0.322 e. The molecule has 0 fully saturated rings. The Kier molecular flexibility index (Phi) is 4.85. The van der Waals surface area contributed by atoms with E-state index in [-0.39, 0.29) is 16.5 Å². The molecule has 2 aromatic carbocycles. The number of nitrogens with zero attached hydrogens (tertiary/aromatic N) is 2. The predicted molar refractivity (Wildman–Crippen MR) is 95.8 cm³/mol. The number of hydrogen-bond donors (Lipinski definition) is 1. The lowest BCUT2D eigenvalue weighted by molar-refractivity contribution is 0.102. The van der Waals surface area contributed by atoms with E-state index in [4.69, 9.17) is 4.42 Å². The summed E-state index contributed by atoms with van der Waals surface area (Å²) < 4.78 is 28.3. The van der Waals surface area contributed by atoms with Gasteiger partial charge in [0.25, 0.3) is 5.91 Å². The molecule has 0 spiro atoms. The highest BCUT2D eigenvalue weighted by atomic mass is 32.2. The van der Waals surface area contributed by atoms with Crippen LogP contribution in [0.2, 0.25) is 0 Å². The molecular formula is C18H17N3O4S. The van der Waals surface area contributed by atoms with E-state index in [1.165, 1.54) is 24.3 Å². The Bertz CT molecular complexity index is 1020. The van der Waals surface area contributed by atoms with E-state index >= 15 is 0 Å². The van der Waals surface area contributed by atoms with E-state index in [1.807, 2.05) is 31.2 Å². The average molecular weight is 371 g/mol. The fourth-order valence-electron chi connectivity index (χ4n) is 2.28. The Morgan fingerprint density at radius 2 is 1.69 bits per heavy atom. The molecule has 0 saturated heterocycles. The average Bonchev–Trinajstić information content (AvgIpc) is 3.03. The minimum absolute atomic E-state index is 0.00991. The minimum atomic E-state index is -3.31. The maximum absolute atomic E-state index is 12.2. The highest BCUT2D eigenvalue weighted by Gasteiger charge is 2.13. The molecule has 3 rings (SSSR count). The van der Waals surface area contributed by atoms with Crippen molar-refractivity contribution < 1.29 is 17.6 Å². The van der Waals surface area contributed by atoms with Gasteiger partial charge < -0.3 is 4.42 Å². The van der Waals surface area contributed by atoms with Gasteiger partial charge in [0.05, 0.1) is 11.3 Å². The second-order valence-electron chi connectivity index (χ2n) is 5.91. The van der Waals surface area contributed by atoms with Crippen molar-refractivity contribution in [3.8, 4) is 0 Å². The Hall–Kier alpha value is -3.00. The summed E-state index contributed by atoms with van der Waals surface area (Å²) in [6.45, 7) is 2.01. The third-order valence-electron chi connectivity index (χ3n) is 3.71. The van der Waals surface area contributed by atoms with E-state index in [2.05, 4.69) is 15.5 Å². The summed E-state index contributed by atoms with van der Waals surface area (Å²) >= 11 is 0.